The Labute approximate surface area is 163 Å². The first-order valence-electron chi connectivity index (χ1n) is 8.87. The average molecular weight is 382 g/mol. The Morgan fingerprint density at radius 3 is 2.64 bits per heavy atom. The van der Waals surface area contributed by atoms with Crippen molar-refractivity contribution in [1.82, 2.24) is 5.32 Å². The third-order valence-corrected chi connectivity index (χ3v) is 4.52. The fourth-order valence-electron chi connectivity index (χ4n) is 3.19. The first-order valence-corrected chi connectivity index (χ1v) is 8.87. The number of fused-ring (bicyclic) bond motifs is 1. The molecule has 1 heterocycles. The summed E-state index contributed by atoms with van der Waals surface area (Å²) in [5, 5.41) is 13.7. The van der Waals surface area contributed by atoms with Crippen molar-refractivity contribution in [3.8, 4) is 11.5 Å². The molecule has 0 fully saturated rings. The van der Waals surface area contributed by atoms with Crippen LogP contribution in [0.5, 0.6) is 11.5 Å². The van der Waals surface area contributed by atoms with E-state index < -0.39 is 10.5 Å². The molecule has 1 atom stereocenters. The van der Waals surface area contributed by atoms with E-state index in [1.165, 1.54) is 18.2 Å². The number of carbonyl (C=O) groups is 1. The van der Waals surface area contributed by atoms with E-state index in [9.17, 15) is 14.9 Å². The second-order valence-corrected chi connectivity index (χ2v) is 7.21. The lowest BCUT2D eigenvalue weighted by Gasteiger charge is -2.37. The zero-order valence-electron chi connectivity index (χ0n) is 16.0. The minimum atomic E-state index is -0.460. The van der Waals surface area contributed by atoms with Gasteiger partial charge in [-0.1, -0.05) is 0 Å². The zero-order valence-corrected chi connectivity index (χ0v) is 16.0. The van der Waals surface area contributed by atoms with E-state index in [0.717, 1.165) is 11.3 Å². The summed E-state index contributed by atoms with van der Waals surface area (Å²) in [6.45, 7) is 3.96. The maximum absolute atomic E-state index is 12.5. The molecule has 28 heavy (non-hydrogen) atoms. The van der Waals surface area contributed by atoms with E-state index in [1.54, 1.807) is 25.3 Å². The number of nitro groups is 1. The third kappa shape index (κ3) is 4.49. The molecular weight excluding hydrogens is 360 g/mol. The van der Waals surface area contributed by atoms with E-state index >= 15 is 0 Å². The van der Waals surface area contributed by atoms with Crippen molar-refractivity contribution in [2.45, 2.75) is 31.9 Å². The molecule has 0 saturated heterocycles. The van der Waals surface area contributed by atoms with Crippen LogP contribution in [0.2, 0.25) is 0 Å². The molecule has 2 aromatic rings. The summed E-state index contributed by atoms with van der Waals surface area (Å²) in [6, 6.07) is 11.3. The Morgan fingerprint density at radius 2 is 2.00 bits per heavy atom. The van der Waals surface area contributed by atoms with Crippen LogP contribution in [0.4, 0.5) is 5.69 Å². The normalized spacial score (nSPS) is 17.5. The number of hydrogen-bond donors (Lipinski definition) is 1. The molecule has 0 aromatic heterocycles. The highest BCUT2D eigenvalue weighted by molar-refractivity contribution is 5.92. The molecule has 7 nitrogen and oxygen atoms in total. The number of non-ortho nitro benzene ring substituents is 1. The number of benzene rings is 2. The summed E-state index contributed by atoms with van der Waals surface area (Å²) >= 11 is 0. The Bertz CT molecular complexity index is 919. The SMILES string of the molecule is COc1ccc2c(c1)[C@H](NC(=O)/C=C/c1ccc([N+](=O)[O-])cc1)CC(C)(C)O2. The van der Waals surface area contributed by atoms with Crippen LogP contribution in [0, 0.1) is 10.1 Å². The Hall–Kier alpha value is -3.35. The van der Waals surface area contributed by atoms with Crippen LogP contribution in [0.3, 0.4) is 0 Å². The lowest BCUT2D eigenvalue weighted by Crippen LogP contribution is -2.40. The van der Waals surface area contributed by atoms with E-state index in [4.69, 9.17) is 9.47 Å². The van der Waals surface area contributed by atoms with Gasteiger partial charge in [0.25, 0.3) is 5.69 Å². The predicted octanol–water partition coefficient (Wildman–Crippen LogP) is 4.04. The molecule has 146 valence electrons. The standard InChI is InChI=1S/C21H22N2O5/c1-21(2)13-18(17-12-16(27-3)9-10-19(17)28-21)22-20(24)11-6-14-4-7-15(8-5-14)23(25)26/h4-12,18H,13H2,1-3H3,(H,22,24)/b11-6+/t18-/m1/s1. The van der Waals surface area contributed by atoms with Crippen LogP contribution >= 0.6 is 0 Å². The maximum Gasteiger partial charge on any atom is 0.269 e. The number of methoxy groups -OCH3 is 1. The van der Waals surface area contributed by atoms with E-state index in [2.05, 4.69) is 5.32 Å². The fraction of sp³-hybridized carbons (Fsp3) is 0.286. The molecule has 7 heteroatoms. The third-order valence-electron chi connectivity index (χ3n) is 4.52. The molecule has 1 aliphatic rings. The zero-order chi connectivity index (χ0) is 20.3. The largest absolute Gasteiger partial charge is 0.497 e. The van der Waals surface area contributed by atoms with Crippen LogP contribution in [-0.4, -0.2) is 23.5 Å². The molecule has 0 unspecified atom stereocenters. The molecule has 1 aliphatic heterocycles. The number of rotatable bonds is 5. The quantitative estimate of drug-likeness (QED) is 0.479. The average Bonchev–Trinajstić information content (AvgIpc) is 2.65. The fourth-order valence-corrected chi connectivity index (χ4v) is 3.19. The number of nitro benzene ring substituents is 1. The van der Waals surface area contributed by atoms with E-state index in [1.807, 2.05) is 32.0 Å². The first-order chi connectivity index (χ1) is 13.3. The molecule has 2 aromatic carbocycles. The molecule has 1 N–H and O–H groups in total. The second-order valence-electron chi connectivity index (χ2n) is 7.21. The van der Waals surface area contributed by atoms with Crippen molar-refractivity contribution < 1.29 is 19.2 Å². The molecule has 3 rings (SSSR count). The van der Waals surface area contributed by atoms with E-state index in [-0.39, 0.29) is 17.6 Å². The summed E-state index contributed by atoms with van der Waals surface area (Å²) in [7, 11) is 1.59. The van der Waals surface area contributed by atoms with Crippen molar-refractivity contribution in [3.63, 3.8) is 0 Å². The van der Waals surface area contributed by atoms with Gasteiger partial charge in [-0.3, -0.25) is 14.9 Å². The van der Waals surface area contributed by atoms with Gasteiger partial charge in [-0.25, -0.2) is 0 Å². The van der Waals surface area contributed by atoms with Crippen LogP contribution in [0.1, 0.15) is 37.4 Å². The summed E-state index contributed by atoms with van der Waals surface area (Å²) in [6.07, 6.45) is 3.66. The lowest BCUT2D eigenvalue weighted by molar-refractivity contribution is -0.384. The molecular formula is C21H22N2O5. The number of amides is 1. The van der Waals surface area contributed by atoms with Gasteiger partial charge in [0.15, 0.2) is 0 Å². The van der Waals surface area contributed by atoms with Gasteiger partial charge < -0.3 is 14.8 Å². The van der Waals surface area contributed by atoms with Crippen LogP contribution < -0.4 is 14.8 Å². The van der Waals surface area contributed by atoms with Gasteiger partial charge in [0.2, 0.25) is 5.91 Å². The lowest BCUT2D eigenvalue weighted by atomic mass is 9.89. The molecule has 0 saturated carbocycles. The first kappa shape index (κ1) is 19.4. The topological polar surface area (TPSA) is 90.7 Å². The second kappa shape index (κ2) is 7.72. The molecule has 0 aliphatic carbocycles. The maximum atomic E-state index is 12.5. The van der Waals surface area contributed by atoms with Gasteiger partial charge in [-0.2, -0.15) is 0 Å². The highest BCUT2D eigenvalue weighted by Gasteiger charge is 2.34. The highest BCUT2D eigenvalue weighted by Crippen LogP contribution is 2.41. The highest BCUT2D eigenvalue weighted by atomic mass is 16.6. The van der Waals surface area contributed by atoms with Gasteiger partial charge in [0, 0.05) is 30.2 Å². The Kier molecular flexibility index (Phi) is 5.35. The van der Waals surface area contributed by atoms with Gasteiger partial charge >= 0.3 is 0 Å². The Morgan fingerprint density at radius 1 is 1.29 bits per heavy atom. The molecule has 0 bridgehead atoms. The summed E-state index contributed by atoms with van der Waals surface area (Å²) in [5.74, 6) is 1.17. The van der Waals surface area contributed by atoms with Crippen LogP contribution in [-0.2, 0) is 4.79 Å². The molecule has 1 amide bonds. The van der Waals surface area contributed by atoms with Crippen molar-refractivity contribution in [2.75, 3.05) is 7.11 Å². The minimum absolute atomic E-state index is 0.0107. The number of ether oxygens (including phenoxy) is 2. The van der Waals surface area contributed by atoms with Crippen molar-refractivity contribution in [1.29, 1.82) is 0 Å². The summed E-state index contributed by atoms with van der Waals surface area (Å²) in [5.41, 5.74) is 1.17. The summed E-state index contributed by atoms with van der Waals surface area (Å²) in [4.78, 5) is 22.7. The van der Waals surface area contributed by atoms with Gasteiger partial charge in [0.1, 0.15) is 17.1 Å². The molecule has 0 spiro atoms. The van der Waals surface area contributed by atoms with Crippen molar-refractivity contribution >= 4 is 17.7 Å². The number of carbonyl (C=O) groups excluding carboxylic acids is 1. The summed E-state index contributed by atoms with van der Waals surface area (Å²) < 4.78 is 11.3. The van der Waals surface area contributed by atoms with Gasteiger partial charge in [-0.15, -0.1) is 0 Å². The van der Waals surface area contributed by atoms with Gasteiger partial charge in [0.05, 0.1) is 18.1 Å². The van der Waals surface area contributed by atoms with Crippen LogP contribution in [0.15, 0.2) is 48.5 Å². The minimum Gasteiger partial charge on any atom is -0.497 e. The van der Waals surface area contributed by atoms with Crippen molar-refractivity contribution in [3.05, 3.63) is 69.8 Å². The predicted molar refractivity (Wildman–Crippen MR) is 105 cm³/mol. The van der Waals surface area contributed by atoms with Crippen molar-refractivity contribution in [2.24, 2.45) is 0 Å². The van der Waals surface area contributed by atoms with E-state index in [0.29, 0.717) is 17.7 Å². The molecule has 0 radical (unpaired) electrons. The van der Waals surface area contributed by atoms with Gasteiger partial charge in [-0.05, 0) is 55.8 Å². The number of nitrogens with one attached hydrogen (secondary N) is 1. The Balaban J connectivity index is 1.75. The number of hydrogen-bond acceptors (Lipinski definition) is 5. The smallest absolute Gasteiger partial charge is 0.269 e. The number of nitrogens with zero attached hydrogens (tertiary/aromatic N) is 1. The van der Waals surface area contributed by atoms with Crippen LogP contribution in [0.25, 0.3) is 6.08 Å². The monoisotopic (exact) mass is 382 g/mol.